The summed E-state index contributed by atoms with van der Waals surface area (Å²) in [4.78, 5) is 4.53. The van der Waals surface area contributed by atoms with E-state index in [2.05, 4.69) is 127 Å². The lowest BCUT2D eigenvalue weighted by atomic mass is 10.3. The summed E-state index contributed by atoms with van der Waals surface area (Å²) in [5.41, 5.74) is 0. The highest BCUT2D eigenvalue weighted by atomic mass is 31.1. The average molecular weight is 403 g/mol. The van der Waals surface area contributed by atoms with Crippen LogP contribution in [0.1, 0.15) is 19.8 Å². The second-order valence-corrected chi connectivity index (χ2v) is 9.42. The van der Waals surface area contributed by atoms with Crippen LogP contribution in [0.4, 0.5) is 0 Å². The molecular weight excluding hydrogens is 371 g/mol. The van der Waals surface area contributed by atoms with Crippen LogP contribution in [0, 0.1) is 0 Å². The van der Waals surface area contributed by atoms with Crippen molar-refractivity contribution < 1.29 is 0 Å². The average Bonchev–Trinajstić information content (AvgIpc) is 3.20. The molecule has 0 saturated carbocycles. The van der Waals surface area contributed by atoms with Gasteiger partial charge in [-0.15, -0.1) is 0 Å². The Labute approximate surface area is 177 Å². The molecule has 0 aliphatic carbocycles. The van der Waals surface area contributed by atoms with Crippen molar-refractivity contribution in [3.05, 3.63) is 103 Å². The largest absolute Gasteiger partial charge is 0.362 e. The minimum atomic E-state index is -0.446. The molecule has 4 rings (SSSR count). The van der Waals surface area contributed by atoms with Gasteiger partial charge in [-0.25, -0.2) is 0 Å². The summed E-state index contributed by atoms with van der Waals surface area (Å²) in [7, 11) is 1.65. The fraction of sp³-hybridized carbons (Fsp3) is 0.231. The van der Waals surface area contributed by atoms with Gasteiger partial charge in [0.15, 0.2) is 0 Å². The van der Waals surface area contributed by atoms with Crippen molar-refractivity contribution >= 4 is 23.8 Å². The van der Waals surface area contributed by atoms with Crippen molar-refractivity contribution in [2.45, 2.75) is 19.8 Å². The summed E-state index contributed by atoms with van der Waals surface area (Å²) < 4.78 is 0. The van der Waals surface area contributed by atoms with Crippen LogP contribution in [0.25, 0.3) is 0 Å². The van der Waals surface area contributed by atoms with Crippen LogP contribution >= 0.6 is 7.92 Å². The van der Waals surface area contributed by atoms with Crippen LogP contribution < -0.4 is 15.9 Å². The SMILES string of the molecule is CCCCN1C=CN(C)C1.c1ccc(P(c2ccccc2)c2ccccc2)cc1. The third-order valence-corrected chi connectivity index (χ3v) is 7.22. The zero-order valence-corrected chi connectivity index (χ0v) is 18.4. The summed E-state index contributed by atoms with van der Waals surface area (Å²) >= 11 is 0. The van der Waals surface area contributed by atoms with Gasteiger partial charge in [0, 0.05) is 26.0 Å². The van der Waals surface area contributed by atoms with Gasteiger partial charge in [-0.05, 0) is 30.3 Å². The van der Waals surface area contributed by atoms with Crippen LogP contribution in [0.3, 0.4) is 0 Å². The van der Waals surface area contributed by atoms with Gasteiger partial charge < -0.3 is 9.80 Å². The van der Waals surface area contributed by atoms with E-state index in [-0.39, 0.29) is 0 Å². The molecule has 3 heteroatoms. The number of rotatable bonds is 6. The Morgan fingerprint density at radius 3 is 1.48 bits per heavy atom. The van der Waals surface area contributed by atoms with Crippen LogP contribution in [0.2, 0.25) is 0 Å². The highest BCUT2D eigenvalue weighted by Gasteiger charge is 2.15. The van der Waals surface area contributed by atoms with E-state index >= 15 is 0 Å². The highest BCUT2D eigenvalue weighted by Crippen LogP contribution is 2.32. The molecule has 0 bridgehead atoms. The smallest absolute Gasteiger partial charge is 0.0890 e. The van der Waals surface area contributed by atoms with E-state index in [0.717, 1.165) is 6.67 Å². The maximum Gasteiger partial charge on any atom is 0.0890 e. The van der Waals surface area contributed by atoms with Crippen molar-refractivity contribution in [3.63, 3.8) is 0 Å². The molecular formula is C26H31N2P. The first-order valence-corrected chi connectivity index (χ1v) is 11.7. The first kappa shape index (κ1) is 21.1. The van der Waals surface area contributed by atoms with Gasteiger partial charge in [-0.1, -0.05) is 104 Å². The van der Waals surface area contributed by atoms with E-state index in [4.69, 9.17) is 0 Å². The van der Waals surface area contributed by atoms with Crippen LogP contribution in [-0.4, -0.2) is 30.1 Å². The Hall–Kier alpha value is -2.57. The van der Waals surface area contributed by atoms with Crippen LogP contribution in [-0.2, 0) is 0 Å². The molecule has 0 spiro atoms. The zero-order valence-electron chi connectivity index (χ0n) is 17.5. The lowest BCUT2D eigenvalue weighted by Gasteiger charge is -2.18. The van der Waals surface area contributed by atoms with E-state index in [1.54, 1.807) is 0 Å². The molecule has 1 heterocycles. The number of nitrogens with zero attached hydrogens (tertiary/aromatic N) is 2. The third kappa shape index (κ3) is 6.48. The monoisotopic (exact) mass is 402 g/mol. The lowest BCUT2D eigenvalue weighted by molar-refractivity contribution is 0.293. The molecule has 0 radical (unpaired) electrons. The summed E-state index contributed by atoms with van der Waals surface area (Å²) in [6.07, 6.45) is 6.87. The Morgan fingerprint density at radius 2 is 1.14 bits per heavy atom. The van der Waals surface area contributed by atoms with E-state index in [0.29, 0.717) is 0 Å². The summed E-state index contributed by atoms with van der Waals surface area (Å²) in [6, 6.07) is 32.3. The molecule has 0 N–H and O–H groups in total. The van der Waals surface area contributed by atoms with Crippen molar-refractivity contribution in [3.8, 4) is 0 Å². The second kappa shape index (κ2) is 11.4. The fourth-order valence-electron chi connectivity index (χ4n) is 3.27. The number of unbranched alkanes of at least 4 members (excludes halogenated alkanes) is 1. The maximum atomic E-state index is 2.34. The van der Waals surface area contributed by atoms with Gasteiger partial charge in [-0.3, -0.25) is 0 Å². The van der Waals surface area contributed by atoms with Gasteiger partial charge in [0.05, 0.1) is 6.67 Å². The Bertz CT molecular complexity index is 756. The lowest BCUT2D eigenvalue weighted by Crippen LogP contribution is -2.23. The first-order valence-electron chi connectivity index (χ1n) is 10.4. The first-order chi connectivity index (χ1) is 14.3. The number of benzene rings is 3. The Morgan fingerprint density at radius 1 is 0.690 bits per heavy atom. The molecule has 0 saturated heterocycles. The summed E-state index contributed by atoms with van der Waals surface area (Å²) in [5.74, 6) is 0. The van der Waals surface area contributed by atoms with E-state index in [1.165, 1.54) is 35.3 Å². The van der Waals surface area contributed by atoms with E-state index < -0.39 is 7.92 Å². The summed E-state index contributed by atoms with van der Waals surface area (Å²) in [6.45, 7) is 4.50. The summed E-state index contributed by atoms with van der Waals surface area (Å²) in [5, 5.41) is 4.19. The predicted octanol–water partition coefficient (Wildman–Crippen LogP) is 4.91. The maximum absolute atomic E-state index is 2.34. The quantitative estimate of drug-likeness (QED) is 0.541. The van der Waals surface area contributed by atoms with Gasteiger partial charge >= 0.3 is 0 Å². The number of hydrogen-bond acceptors (Lipinski definition) is 2. The molecule has 3 aromatic carbocycles. The number of hydrogen-bond donors (Lipinski definition) is 0. The van der Waals surface area contributed by atoms with Crippen molar-refractivity contribution in [2.24, 2.45) is 0 Å². The standard InChI is InChI=1S/C18H15P.C8H16N2/c1-4-10-16(11-5-1)19(17-12-6-2-7-13-17)18-14-8-3-9-15-18;1-3-4-5-10-7-6-9(2)8-10/h1-15H;6-7H,3-5,8H2,1-2H3. The van der Waals surface area contributed by atoms with Gasteiger partial charge in [-0.2, -0.15) is 0 Å². The minimum absolute atomic E-state index is 0.446. The predicted molar refractivity (Wildman–Crippen MR) is 129 cm³/mol. The van der Waals surface area contributed by atoms with E-state index in [9.17, 15) is 0 Å². The van der Waals surface area contributed by atoms with Crippen molar-refractivity contribution in [1.29, 1.82) is 0 Å². The molecule has 0 fully saturated rings. The molecule has 150 valence electrons. The molecule has 0 aromatic heterocycles. The molecule has 0 amide bonds. The van der Waals surface area contributed by atoms with Crippen LogP contribution in [0.15, 0.2) is 103 Å². The van der Waals surface area contributed by atoms with Crippen LogP contribution in [0.5, 0.6) is 0 Å². The minimum Gasteiger partial charge on any atom is -0.362 e. The molecule has 2 nitrogen and oxygen atoms in total. The second-order valence-electron chi connectivity index (χ2n) is 7.20. The van der Waals surface area contributed by atoms with Crippen molar-refractivity contribution in [1.82, 2.24) is 9.80 Å². The topological polar surface area (TPSA) is 6.48 Å². The van der Waals surface area contributed by atoms with Gasteiger partial charge in [0.25, 0.3) is 0 Å². The molecule has 0 unspecified atom stereocenters. The Kier molecular flexibility index (Phi) is 8.34. The highest BCUT2D eigenvalue weighted by molar-refractivity contribution is 7.79. The third-order valence-electron chi connectivity index (χ3n) is 4.78. The molecule has 1 aliphatic heterocycles. The normalized spacial score (nSPS) is 12.8. The van der Waals surface area contributed by atoms with Gasteiger partial charge in [0.2, 0.25) is 0 Å². The molecule has 1 aliphatic rings. The Balaban J connectivity index is 0.000000204. The van der Waals surface area contributed by atoms with E-state index in [1.807, 2.05) is 0 Å². The molecule has 0 atom stereocenters. The van der Waals surface area contributed by atoms with Crippen molar-refractivity contribution in [2.75, 3.05) is 20.3 Å². The zero-order chi connectivity index (χ0) is 20.3. The van der Waals surface area contributed by atoms with Gasteiger partial charge in [0.1, 0.15) is 0 Å². The fourth-order valence-corrected chi connectivity index (χ4v) is 5.58. The molecule has 29 heavy (non-hydrogen) atoms. The molecule has 3 aromatic rings.